The molecule has 0 heterocycles. The van der Waals surface area contributed by atoms with E-state index < -0.39 is 0 Å². The Labute approximate surface area is 127 Å². The van der Waals surface area contributed by atoms with E-state index in [9.17, 15) is 4.79 Å². The molecular formula is C16H25ClN2O. The van der Waals surface area contributed by atoms with Crippen LogP contribution in [0.4, 0.5) is 5.69 Å². The minimum atomic E-state index is 0. The lowest BCUT2D eigenvalue weighted by Gasteiger charge is -2.34. The summed E-state index contributed by atoms with van der Waals surface area (Å²) in [6.45, 7) is 2.26. The van der Waals surface area contributed by atoms with E-state index in [1.807, 2.05) is 24.1 Å². The highest BCUT2D eigenvalue weighted by Gasteiger charge is 2.26. The number of anilines is 1. The van der Waals surface area contributed by atoms with Gasteiger partial charge in [-0.15, -0.1) is 12.4 Å². The highest BCUT2D eigenvalue weighted by molar-refractivity contribution is 5.94. The Morgan fingerprint density at radius 2 is 1.75 bits per heavy atom. The Balaban J connectivity index is 0.00000200. The van der Waals surface area contributed by atoms with E-state index in [1.165, 1.54) is 19.3 Å². The third-order valence-corrected chi connectivity index (χ3v) is 4.42. The molecule has 20 heavy (non-hydrogen) atoms. The fraction of sp³-hybridized carbons (Fsp3) is 0.562. The first-order valence-corrected chi connectivity index (χ1v) is 7.24. The molecule has 0 spiro atoms. The van der Waals surface area contributed by atoms with Gasteiger partial charge in [-0.2, -0.15) is 0 Å². The van der Waals surface area contributed by atoms with E-state index >= 15 is 0 Å². The van der Waals surface area contributed by atoms with Gasteiger partial charge in [0.1, 0.15) is 0 Å². The van der Waals surface area contributed by atoms with Crippen LogP contribution in [0.1, 0.15) is 49.4 Å². The van der Waals surface area contributed by atoms with Crippen molar-refractivity contribution >= 4 is 24.0 Å². The molecule has 2 rings (SSSR count). The van der Waals surface area contributed by atoms with Gasteiger partial charge in [-0.25, -0.2) is 0 Å². The van der Waals surface area contributed by atoms with Crippen molar-refractivity contribution in [3.63, 3.8) is 0 Å². The van der Waals surface area contributed by atoms with E-state index in [-0.39, 0.29) is 18.3 Å². The summed E-state index contributed by atoms with van der Waals surface area (Å²) in [5, 5.41) is 0. The predicted molar refractivity (Wildman–Crippen MR) is 86.2 cm³/mol. The molecule has 0 radical (unpaired) electrons. The number of rotatable bonds is 3. The molecule has 0 unspecified atom stereocenters. The van der Waals surface area contributed by atoms with Crippen molar-refractivity contribution < 1.29 is 4.79 Å². The smallest absolute Gasteiger partial charge is 0.253 e. The Morgan fingerprint density at radius 1 is 1.20 bits per heavy atom. The molecule has 0 bridgehead atoms. The van der Waals surface area contributed by atoms with Crippen molar-refractivity contribution in [3.8, 4) is 0 Å². The zero-order chi connectivity index (χ0) is 13.8. The Kier molecular flexibility index (Phi) is 6.34. The van der Waals surface area contributed by atoms with Crippen LogP contribution >= 0.6 is 12.4 Å². The first-order valence-electron chi connectivity index (χ1n) is 7.24. The minimum Gasteiger partial charge on any atom is -0.399 e. The molecule has 1 aromatic rings. The number of nitrogen functional groups attached to an aromatic ring is 1. The SMILES string of the molecule is CCC1CCC(N(C)C(=O)c2ccc(N)cc2)CC1.Cl. The van der Waals surface area contributed by atoms with Crippen LogP contribution in [-0.4, -0.2) is 23.9 Å². The van der Waals surface area contributed by atoms with Crippen LogP contribution in [0.5, 0.6) is 0 Å². The molecule has 1 aliphatic carbocycles. The Morgan fingerprint density at radius 3 is 2.25 bits per heavy atom. The molecule has 1 fully saturated rings. The monoisotopic (exact) mass is 296 g/mol. The highest BCUT2D eigenvalue weighted by atomic mass is 35.5. The summed E-state index contributed by atoms with van der Waals surface area (Å²) in [4.78, 5) is 14.3. The van der Waals surface area contributed by atoms with E-state index in [4.69, 9.17) is 5.73 Å². The van der Waals surface area contributed by atoms with Crippen LogP contribution < -0.4 is 5.73 Å². The first kappa shape index (κ1) is 16.8. The molecule has 0 aliphatic heterocycles. The molecule has 0 atom stereocenters. The summed E-state index contributed by atoms with van der Waals surface area (Å²) in [6.07, 6.45) is 6.04. The van der Waals surface area contributed by atoms with Gasteiger partial charge in [-0.05, 0) is 55.9 Å². The fourth-order valence-corrected chi connectivity index (χ4v) is 2.94. The predicted octanol–water partition coefficient (Wildman–Crippen LogP) is 3.73. The number of nitrogens with zero attached hydrogens (tertiary/aromatic N) is 1. The normalized spacial score (nSPS) is 21.9. The minimum absolute atomic E-state index is 0. The maximum atomic E-state index is 12.4. The second-order valence-electron chi connectivity index (χ2n) is 5.62. The lowest BCUT2D eigenvalue weighted by molar-refractivity contribution is 0.0675. The van der Waals surface area contributed by atoms with Gasteiger partial charge in [0, 0.05) is 24.3 Å². The fourth-order valence-electron chi connectivity index (χ4n) is 2.94. The van der Waals surface area contributed by atoms with Crippen LogP contribution in [0.25, 0.3) is 0 Å². The zero-order valence-corrected chi connectivity index (χ0v) is 13.2. The Bertz CT molecular complexity index is 425. The molecule has 0 aromatic heterocycles. The number of nitrogens with two attached hydrogens (primary N) is 1. The second kappa shape index (κ2) is 7.53. The third kappa shape index (κ3) is 3.89. The van der Waals surface area contributed by atoms with E-state index in [1.54, 1.807) is 12.1 Å². The average Bonchev–Trinajstić information content (AvgIpc) is 2.46. The number of halogens is 1. The van der Waals surface area contributed by atoms with Gasteiger partial charge in [-0.1, -0.05) is 13.3 Å². The zero-order valence-electron chi connectivity index (χ0n) is 12.3. The van der Waals surface area contributed by atoms with Crippen LogP contribution in [-0.2, 0) is 0 Å². The highest BCUT2D eigenvalue weighted by Crippen LogP contribution is 2.29. The maximum Gasteiger partial charge on any atom is 0.253 e. The van der Waals surface area contributed by atoms with Crippen molar-refractivity contribution in [2.75, 3.05) is 12.8 Å². The molecule has 1 aliphatic rings. The summed E-state index contributed by atoms with van der Waals surface area (Å²) in [6, 6.07) is 7.59. The van der Waals surface area contributed by atoms with Gasteiger partial charge >= 0.3 is 0 Å². The molecule has 1 aromatic carbocycles. The molecule has 0 saturated heterocycles. The molecule has 1 saturated carbocycles. The number of hydrogen-bond acceptors (Lipinski definition) is 2. The van der Waals surface area contributed by atoms with Gasteiger partial charge in [0.2, 0.25) is 0 Å². The summed E-state index contributed by atoms with van der Waals surface area (Å²) in [7, 11) is 1.93. The van der Waals surface area contributed by atoms with Crippen molar-refractivity contribution in [2.24, 2.45) is 5.92 Å². The van der Waals surface area contributed by atoms with Gasteiger partial charge in [0.05, 0.1) is 0 Å². The lowest BCUT2D eigenvalue weighted by atomic mass is 9.84. The van der Waals surface area contributed by atoms with Gasteiger partial charge < -0.3 is 10.6 Å². The topological polar surface area (TPSA) is 46.3 Å². The van der Waals surface area contributed by atoms with Crippen molar-refractivity contribution in [3.05, 3.63) is 29.8 Å². The lowest BCUT2D eigenvalue weighted by Crippen LogP contribution is -2.39. The van der Waals surface area contributed by atoms with Crippen LogP contribution in [0, 0.1) is 5.92 Å². The number of benzene rings is 1. The molecule has 2 N–H and O–H groups in total. The van der Waals surface area contributed by atoms with Crippen LogP contribution in [0.2, 0.25) is 0 Å². The van der Waals surface area contributed by atoms with Gasteiger partial charge in [0.25, 0.3) is 5.91 Å². The van der Waals surface area contributed by atoms with E-state index in [0.29, 0.717) is 11.7 Å². The average molecular weight is 297 g/mol. The van der Waals surface area contributed by atoms with Crippen molar-refractivity contribution in [1.29, 1.82) is 0 Å². The standard InChI is InChI=1S/C16H24N2O.ClH/c1-3-12-4-10-15(11-5-12)18(2)16(19)13-6-8-14(17)9-7-13;/h6-9,12,15H,3-5,10-11,17H2,1-2H3;1H. The van der Waals surface area contributed by atoms with Crippen LogP contribution in [0.3, 0.4) is 0 Å². The number of hydrogen-bond donors (Lipinski definition) is 1. The Hall–Kier alpha value is -1.22. The molecule has 4 heteroatoms. The number of carbonyl (C=O) groups is 1. The summed E-state index contributed by atoms with van der Waals surface area (Å²) < 4.78 is 0. The van der Waals surface area contributed by atoms with E-state index in [0.717, 1.165) is 24.3 Å². The largest absolute Gasteiger partial charge is 0.399 e. The second-order valence-corrected chi connectivity index (χ2v) is 5.62. The maximum absolute atomic E-state index is 12.4. The first-order chi connectivity index (χ1) is 9.11. The van der Waals surface area contributed by atoms with Gasteiger partial charge in [-0.3, -0.25) is 4.79 Å². The molecule has 112 valence electrons. The summed E-state index contributed by atoms with van der Waals surface area (Å²) in [5.74, 6) is 0.969. The van der Waals surface area contributed by atoms with Crippen molar-refractivity contribution in [2.45, 2.75) is 45.1 Å². The van der Waals surface area contributed by atoms with E-state index in [2.05, 4.69) is 6.92 Å². The number of carbonyl (C=O) groups excluding carboxylic acids is 1. The molecule has 3 nitrogen and oxygen atoms in total. The molecular weight excluding hydrogens is 272 g/mol. The van der Waals surface area contributed by atoms with Gasteiger partial charge in [0.15, 0.2) is 0 Å². The number of amides is 1. The summed E-state index contributed by atoms with van der Waals surface area (Å²) >= 11 is 0. The summed E-state index contributed by atoms with van der Waals surface area (Å²) in [5.41, 5.74) is 7.08. The quantitative estimate of drug-likeness (QED) is 0.864. The van der Waals surface area contributed by atoms with Crippen LogP contribution in [0.15, 0.2) is 24.3 Å². The third-order valence-electron chi connectivity index (χ3n) is 4.42. The van der Waals surface area contributed by atoms with Crippen molar-refractivity contribution in [1.82, 2.24) is 4.90 Å². The molecule has 1 amide bonds.